The molecule has 4 aromatic rings. The van der Waals surface area contributed by atoms with Crippen LogP contribution < -0.4 is 9.47 Å². The molecule has 5 rings (SSSR count). The highest BCUT2D eigenvalue weighted by molar-refractivity contribution is 5.62. The zero-order chi connectivity index (χ0) is 25.8. The van der Waals surface area contributed by atoms with Crippen LogP contribution in [0.2, 0.25) is 0 Å². The molecule has 1 fully saturated rings. The van der Waals surface area contributed by atoms with Crippen molar-refractivity contribution in [1.29, 1.82) is 0 Å². The Bertz CT molecular complexity index is 1380. The van der Waals surface area contributed by atoms with E-state index in [1.54, 1.807) is 53.6 Å². The highest BCUT2D eigenvalue weighted by atomic mass is 19.3. The number of pyridine rings is 1. The van der Waals surface area contributed by atoms with Gasteiger partial charge in [-0.05, 0) is 66.6 Å². The van der Waals surface area contributed by atoms with Crippen LogP contribution in [0.4, 0.5) is 14.5 Å². The van der Waals surface area contributed by atoms with Crippen LogP contribution in [0, 0.1) is 16.0 Å². The van der Waals surface area contributed by atoms with Crippen LogP contribution in [0.15, 0.2) is 79.3 Å². The summed E-state index contributed by atoms with van der Waals surface area (Å²) in [4.78, 5) is 14.9. The molecule has 190 valence electrons. The summed E-state index contributed by atoms with van der Waals surface area (Å²) in [5, 5.41) is 15.9. The molecular formula is C27H24F2N4O4. The Balaban J connectivity index is 1.51. The molecule has 1 aliphatic carbocycles. The summed E-state index contributed by atoms with van der Waals surface area (Å²) in [5.74, 6) is 0.676. The predicted octanol–water partition coefficient (Wildman–Crippen LogP) is 6.08. The van der Waals surface area contributed by atoms with E-state index in [-0.39, 0.29) is 23.2 Å². The van der Waals surface area contributed by atoms with E-state index in [2.05, 4.69) is 4.98 Å². The molecule has 0 spiro atoms. The van der Waals surface area contributed by atoms with Gasteiger partial charge in [-0.15, -0.1) is 0 Å². The van der Waals surface area contributed by atoms with Crippen LogP contribution in [-0.2, 0) is 6.42 Å². The third kappa shape index (κ3) is 6.08. The van der Waals surface area contributed by atoms with Crippen LogP contribution in [0.25, 0.3) is 11.3 Å². The molecule has 10 heteroatoms. The van der Waals surface area contributed by atoms with Gasteiger partial charge in [0.05, 0.1) is 23.3 Å². The Morgan fingerprint density at radius 2 is 1.86 bits per heavy atom. The van der Waals surface area contributed by atoms with E-state index >= 15 is 0 Å². The maximum absolute atomic E-state index is 13.0. The van der Waals surface area contributed by atoms with Crippen molar-refractivity contribution in [2.24, 2.45) is 5.92 Å². The first kappa shape index (κ1) is 24.4. The Morgan fingerprint density at radius 3 is 2.59 bits per heavy atom. The number of non-ortho nitro benzene ring substituents is 1. The minimum atomic E-state index is -2.97. The molecule has 1 saturated carbocycles. The number of alkyl halides is 2. The molecule has 0 aliphatic heterocycles. The van der Waals surface area contributed by atoms with Gasteiger partial charge in [-0.1, -0.05) is 18.2 Å². The average Bonchev–Trinajstić information content (AvgIpc) is 3.61. The van der Waals surface area contributed by atoms with Crippen molar-refractivity contribution in [3.05, 3.63) is 100 Å². The van der Waals surface area contributed by atoms with E-state index in [1.807, 2.05) is 12.1 Å². The molecule has 2 aromatic carbocycles. The third-order valence-corrected chi connectivity index (χ3v) is 6.20. The van der Waals surface area contributed by atoms with E-state index in [4.69, 9.17) is 14.6 Å². The van der Waals surface area contributed by atoms with E-state index in [9.17, 15) is 18.9 Å². The van der Waals surface area contributed by atoms with Crippen LogP contribution in [0.1, 0.15) is 30.0 Å². The lowest BCUT2D eigenvalue weighted by molar-refractivity contribution is -0.384. The van der Waals surface area contributed by atoms with Gasteiger partial charge >= 0.3 is 6.61 Å². The Morgan fingerprint density at radius 1 is 1.05 bits per heavy atom. The number of aromatic nitrogens is 3. The zero-order valence-corrected chi connectivity index (χ0v) is 19.7. The fourth-order valence-corrected chi connectivity index (χ4v) is 4.08. The van der Waals surface area contributed by atoms with Gasteiger partial charge in [-0.2, -0.15) is 13.9 Å². The van der Waals surface area contributed by atoms with Gasteiger partial charge in [0.2, 0.25) is 0 Å². The van der Waals surface area contributed by atoms with Gasteiger partial charge in [0.25, 0.3) is 5.69 Å². The molecule has 37 heavy (non-hydrogen) atoms. The molecule has 0 saturated heterocycles. The van der Waals surface area contributed by atoms with Crippen molar-refractivity contribution < 1.29 is 23.2 Å². The van der Waals surface area contributed by atoms with Crippen LogP contribution in [0.5, 0.6) is 11.5 Å². The SMILES string of the molecule is O=[N+]([O-])c1cccc(-c2ccn(C(Cc3ccncc3)c3ccc(OC(F)F)c(OCC4CC4)c3)n2)c1. The van der Waals surface area contributed by atoms with Crippen molar-refractivity contribution in [2.45, 2.75) is 31.9 Å². The molecule has 8 nitrogen and oxygen atoms in total. The number of ether oxygens (including phenoxy) is 2. The minimum Gasteiger partial charge on any atom is -0.489 e. The molecule has 1 atom stereocenters. The lowest BCUT2D eigenvalue weighted by atomic mass is 9.99. The molecule has 0 N–H and O–H groups in total. The molecule has 2 heterocycles. The number of benzene rings is 2. The summed E-state index contributed by atoms with van der Waals surface area (Å²) in [5.41, 5.74) is 2.96. The molecule has 1 unspecified atom stereocenters. The number of nitrogens with zero attached hydrogens (tertiary/aromatic N) is 4. The lowest BCUT2D eigenvalue weighted by Gasteiger charge is -2.21. The smallest absolute Gasteiger partial charge is 0.387 e. The predicted molar refractivity (Wildman–Crippen MR) is 132 cm³/mol. The molecular weight excluding hydrogens is 482 g/mol. The van der Waals surface area contributed by atoms with Gasteiger partial charge in [-0.3, -0.25) is 19.8 Å². The summed E-state index contributed by atoms with van der Waals surface area (Å²) >= 11 is 0. The number of hydrogen-bond donors (Lipinski definition) is 0. The van der Waals surface area contributed by atoms with Crippen LogP contribution in [-0.4, -0.2) is 32.9 Å². The van der Waals surface area contributed by atoms with E-state index in [0.29, 0.717) is 30.2 Å². The Kier molecular flexibility index (Phi) is 7.07. The van der Waals surface area contributed by atoms with Crippen LogP contribution in [0.3, 0.4) is 0 Å². The Hall–Kier alpha value is -4.34. The van der Waals surface area contributed by atoms with Gasteiger partial charge < -0.3 is 9.47 Å². The molecule has 0 radical (unpaired) electrons. The standard InChI is InChI=1S/C27H24F2N4O4/c28-27(29)37-25-7-6-21(16-26(25)36-17-19-4-5-19)24(14-18-8-11-30-12-9-18)32-13-10-23(31-32)20-2-1-3-22(15-20)33(34)35/h1-3,6-13,15-16,19,24,27H,4-5,14,17H2. The van der Waals surface area contributed by atoms with Crippen molar-refractivity contribution in [2.75, 3.05) is 6.61 Å². The molecule has 1 aliphatic rings. The van der Waals surface area contributed by atoms with E-state index in [1.165, 1.54) is 18.2 Å². The minimum absolute atomic E-state index is 0.0141. The second-order valence-corrected chi connectivity index (χ2v) is 8.90. The van der Waals surface area contributed by atoms with Crippen molar-refractivity contribution in [1.82, 2.24) is 14.8 Å². The number of nitro benzene ring substituents is 1. The highest BCUT2D eigenvalue weighted by Gasteiger charge is 2.24. The molecule has 0 bridgehead atoms. The second kappa shape index (κ2) is 10.7. The lowest BCUT2D eigenvalue weighted by Crippen LogP contribution is -2.15. The maximum atomic E-state index is 13.0. The number of halogens is 2. The first-order valence-electron chi connectivity index (χ1n) is 11.9. The number of rotatable bonds is 11. The maximum Gasteiger partial charge on any atom is 0.387 e. The van der Waals surface area contributed by atoms with Crippen molar-refractivity contribution in [3.63, 3.8) is 0 Å². The Labute approximate surface area is 211 Å². The summed E-state index contributed by atoms with van der Waals surface area (Å²) in [7, 11) is 0. The van der Waals surface area contributed by atoms with Gasteiger partial charge in [-0.25, -0.2) is 0 Å². The summed E-state index contributed by atoms with van der Waals surface area (Å²) in [6, 6.07) is 16.5. The molecule has 2 aromatic heterocycles. The van der Waals surface area contributed by atoms with E-state index in [0.717, 1.165) is 24.0 Å². The van der Waals surface area contributed by atoms with Crippen molar-refractivity contribution >= 4 is 5.69 Å². The zero-order valence-electron chi connectivity index (χ0n) is 19.7. The quantitative estimate of drug-likeness (QED) is 0.181. The summed E-state index contributed by atoms with van der Waals surface area (Å²) in [6.45, 7) is -2.53. The number of hydrogen-bond acceptors (Lipinski definition) is 6. The van der Waals surface area contributed by atoms with Crippen LogP contribution >= 0.6 is 0 Å². The summed E-state index contributed by atoms with van der Waals surface area (Å²) in [6.07, 6.45) is 7.86. The van der Waals surface area contributed by atoms with Gasteiger partial charge in [0, 0.05) is 36.3 Å². The molecule has 0 amide bonds. The largest absolute Gasteiger partial charge is 0.489 e. The normalized spacial score (nSPS) is 13.9. The van der Waals surface area contributed by atoms with Gasteiger partial charge in [0.1, 0.15) is 0 Å². The topological polar surface area (TPSA) is 92.3 Å². The fourth-order valence-electron chi connectivity index (χ4n) is 4.08. The number of nitro groups is 1. The summed E-state index contributed by atoms with van der Waals surface area (Å²) < 4.78 is 38.4. The average molecular weight is 507 g/mol. The van der Waals surface area contributed by atoms with Crippen molar-refractivity contribution in [3.8, 4) is 22.8 Å². The van der Waals surface area contributed by atoms with Gasteiger partial charge in [0.15, 0.2) is 11.5 Å². The fraction of sp³-hybridized carbons (Fsp3) is 0.259. The second-order valence-electron chi connectivity index (χ2n) is 8.90. The monoisotopic (exact) mass is 506 g/mol. The first-order chi connectivity index (χ1) is 18.0. The highest BCUT2D eigenvalue weighted by Crippen LogP contribution is 2.37. The first-order valence-corrected chi connectivity index (χ1v) is 11.9. The third-order valence-electron chi connectivity index (χ3n) is 6.20. The van der Waals surface area contributed by atoms with E-state index < -0.39 is 11.5 Å².